The van der Waals surface area contributed by atoms with Gasteiger partial charge in [-0.25, -0.2) is 4.98 Å². The molecule has 3 aromatic carbocycles. The van der Waals surface area contributed by atoms with Crippen molar-refractivity contribution in [2.45, 2.75) is 80.6 Å². The third-order valence-corrected chi connectivity index (χ3v) is 9.02. The predicted molar refractivity (Wildman–Crippen MR) is 208 cm³/mol. The van der Waals surface area contributed by atoms with Gasteiger partial charge < -0.3 is 14.4 Å². The zero-order chi connectivity index (χ0) is 35.6. The summed E-state index contributed by atoms with van der Waals surface area (Å²) in [6.45, 7) is 19.9. The van der Waals surface area contributed by atoms with Gasteiger partial charge in [0.2, 0.25) is 5.71 Å². The number of furan rings is 1. The van der Waals surface area contributed by atoms with Crippen molar-refractivity contribution < 1.29 is 24.5 Å². The number of nitrogens with zero attached hydrogens (tertiary/aromatic N) is 3. The largest absolute Gasteiger partial charge is 0.486 e. The van der Waals surface area contributed by atoms with Crippen LogP contribution in [0.3, 0.4) is 0 Å². The van der Waals surface area contributed by atoms with Gasteiger partial charge in [-0.3, -0.25) is 0 Å². The van der Waals surface area contributed by atoms with E-state index in [9.17, 15) is 0 Å². The summed E-state index contributed by atoms with van der Waals surface area (Å²) in [6, 6.07) is 35.6. The molecule has 5 heteroatoms. The third kappa shape index (κ3) is 8.55. The van der Waals surface area contributed by atoms with Crippen LogP contribution in [0.4, 0.5) is 0 Å². The Hall–Kier alpha value is -4.44. The van der Waals surface area contributed by atoms with E-state index in [2.05, 4.69) is 121 Å². The van der Waals surface area contributed by atoms with Gasteiger partial charge in [0.1, 0.15) is 0 Å². The number of aromatic nitrogens is 3. The zero-order valence-electron chi connectivity index (χ0n) is 31.2. The fraction of sp³-hybridized carbons (Fsp3) is 0.283. The number of aryl methyl sites for hydroxylation is 2. The Labute approximate surface area is 317 Å². The first-order chi connectivity index (χ1) is 23.9. The Kier molecular flexibility index (Phi) is 11.7. The third-order valence-electron chi connectivity index (χ3n) is 9.02. The summed E-state index contributed by atoms with van der Waals surface area (Å²) in [7, 11) is 0. The first-order valence-corrected chi connectivity index (χ1v) is 17.6. The number of benzene rings is 3. The minimum Gasteiger partial charge on any atom is -0.486 e. The van der Waals surface area contributed by atoms with Gasteiger partial charge >= 0.3 is 0 Å². The molecule has 1 radical (unpaired) electrons. The van der Waals surface area contributed by atoms with Crippen molar-refractivity contribution in [3.8, 4) is 33.8 Å². The van der Waals surface area contributed by atoms with Crippen LogP contribution >= 0.6 is 0 Å². The Morgan fingerprint density at radius 2 is 1.41 bits per heavy atom. The molecule has 0 aliphatic rings. The number of pyridine rings is 3. The second-order valence-corrected chi connectivity index (χ2v) is 15.1. The molecule has 7 aromatic rings. The van der Waals surface area contributed by atoms with Crippen molar-refractivity contribution in [3.05, 3.63) is 137 Å². The van der Waals surface area contributed by atoms with Gasteiger partial charge in [-0.15, -0.1) is 54.1 Å². The number of rotatable bonds is 6. The van der Waals surface area contributed by atoms with Gasteiger partial charge in [-0.2, -0.15) is 0 Å². The van der Waals surface area contributed by atoms with Crippen LogP contribution in [0.5, 0.6) is 0 Å². The topological polar surface area (TPSA) is 51.8 Å². The van der Waals surface area contributed by atoms with E-state index < -0.39 is 0 Å². The predicted octanol–water partition coefficient (Wildman–Crippen LogP) is 12.5. The second-order valence-electron chi connectivity index (χ2n) is 15.1. The SMILES string of the molecule is Cc1ccc(-c2[c-]cccc2)nc1.Cc1cnc(-c2[c-]ccc3c2oc2nc(-c4c(C(C)C)cccc4C(C)C)ccc23)cc1CC(C)(C)C.[Ir]. The van der Waals surface area contributed by atoms with Crippen LogP contribution in [-0.2, 0) is 26.5 Å². The molecule has 0 spiro atoms. The summed E-state index contributed by atoms with van der Waals surface area (Å²) < 4.78 is 6.49. The summed E-state index contributed by atoms with van der Waals surface area (Å²) >= 11 is 0. The maximum atomic E-state index is 6.49. The summed E-state index contributed by atoms with van der Waals surface area (Å²) in [4.78, 5) is 14.2. The Bertz CT molecular complexity index is 2220. The summed E-state index contributed by atoms with van der Waals surface area (Å²) in [6.07, 6.45) is 4.83. The van der Waals surface area contributed by atoms with Crippen LogP contribution in [0.15, 0.2) is 102 Å². The van der Waals surface area contributed by atoms with Gasteiger partial charge in [-0.1, -0.05) is 101 Å². The molecule has 7 rings (SSSR count). The molecule has 0 fully saturated rings. The van der Waals surface area contributed by atoms with Crippen molar-refractivity contribution in [3.63, 3.8) is 0 Å². The monoisotopic (exact) mass is 850 g/mol. The smallest absolute Gasteiger partial charge is 0.216 e. The van der Waals surface area contributed by atoms with Crippen LogP contribution < -0.4 is 0 Å². The average molecular weight is 850 g/mol. The minimum absolute atomic E-state index is 0. The first-order valence-electron chi connectivity index (χ1n) is 17.6. The van der Waals surface area contributed by atoms with Crippen LogP contribution in [-0.4, -0.2) is 15.0 Å². The second kappa shape index (κ2) is 15.8. The van der Waals surface area contributed by atoms with E-state index in [1.165, 1.54) is 33.4 Å². The standard InChI is InChI=1S/C34H37N2O.C12H10N.Ir/c1-20(2)24-11-9-12-25(21(3)4)31(24)29-16-15-27-26-13-10-14-28(32(26)37-33(27)36-29)30-17-23(18-34(6,7)8)22(5)19-35-30;1-10-7-8-12(13-9-10)11-5-3-2-4-6-11;/h9-13,15-17,19-21H,18H2,1-8H3;2-5,7-9H,1H3;/q2*-1;. The number of hydrogen-bond acceptors (Lipinski definition) is 4. The molecule has 4 nitrogen and oxygen atoms in total. The summed E-state index contributed by atoms with van der Waals surface area (Å²) in [5, 5.41) is 2.06. The molecule has 0 aliphatic carbocycles. The van der Waals surface area contributed by atoms with Crippen LogP contribution in [0.2, 0.25) is 0 Å². The van der Waals surface area contributed by atoms with Gasteiger partial charge in [-0.05, 0) is 83.3 Å². The number of fused-ring (bicyclic) bond motifs is 3. The van der Waals surface area contributed by atoms with Crippen LogP contribution in [0.25, 0.3) is 55.8 Å². The van der Waals surface area contributed by atoms with Gasteiger partial charge in [0, 0.05) is 43.4 Å². The molecule has 0 bridgehead atoms. The van der Waals surface area contributed by atoms with Gasteiger partial charge in [0.25, 0.3) is 0 Å². The Morgan fingerprint density at radius 1 is 0.706 bits per heavy atom. The van der Waals surface area contributed by atoms with E-state index in [1.54, 1.807) is 0 Å². The summed E-state index contributed by atoms with van der Waals surface area (Å²) in [5.41, 5.74) is 14.0. The van der Waals surface area contributed by atoms with Crippen molar-refractivity contribution in [2.75, 3.05) is 0 Å². The Balaban J connectivity index is 0.000000302. The van der Waals surface area contributed by atoms with Crippen LogP contribution in [0, 0.1) is 31.4 Å². The first kappa shape index (κ1) is 37.8. The molecule has 51 heavy (non-hydrogen) atoms. The van der Waals surface area contributed by atoms with E-state index in [0.29, 0.717) is 17.5 Å². The number of hydrogen-bond donors (Lipinski definition) is 0. The van der Waals surface area contributed by atoms with E-state index in [0.717, 1.165) is 51.0 Å². The average Bonchev–Trinajstić information content (AvgIpc) is 3.47. The maximum Gasteiger partial charge on any atom is 0.216 e. The quantitative estimate of drug-likeness (QED) is 0.156. The molecule has 4 aromatic heterocycles. The fourth-order valence-electron chi connectivity index (χ4n) is 6.44. The summed E-state index contributed by atoms with van der Waals surface area (Å²) in [5.74, 6) is 0.802. The van der Waals surface area contributed by atoms with Crippen molar-refractivity contribution in [2.24, 2.45) is 5.41 Å². The molecule has 0 atom stereocenters. The molecule has 263 valence electrons. The molecule has 0 N–H and O–H groups in total. The molecular formula is C46H47IrN3O-2. The van der Waals surface area contributed by atoms with Crippen molar-refractivity contribution in [1.82, 2.24) is 15.0 Å². The molecule has 0 saturated heterocycles. The van der Waals surface area contributed by atoms with E-state index >= 15 is 0 Å². The van der Waals surface area contributed by atoms with E-state index in [1.807, 2.05) is 55.7 Å². The fourth-order valence-corrected chi connectivity index (χ4v) is 6.44. The van der Waals surface area contributed by atoms with E-state index in [4.69, 9.17) is 14.4 Å². The van der Waals surface area contributed by atoms with Gasteiger partial charge in [0.15, 0.2) is 0 Å². The van der Waals surface area contributed by atoms with Crippen molar-refractivity contribution >= 4 is 22.1 Å². The zero-order valence-corrected chi connectivity index (χ0v) is 33.6. The van der Waals surface area contributed by atoms with E-state index in [-0.39, 0.29) is 25.5 Å². The molecule has 0 amide bonds. The Morgan fingerprint density at radius 3 is 2.04 bits per heavy atom. The molecule has 0 aliphatic heterocycles. The van der Waals surface area contributed by atoms with Crippen LogP contribution in [0.1, 0.15) is 88.1 Å². The minimum atomic E-state index is 0. The molecule has 4 heterocycles. The molecular weight excluding hydrogens is 803 g/mol. The van der Waals surface area contributed by atoms with Gasteiger partial charge in [0.05, 0.1) is 11.3 Å². The normalized spacial score (nSPS) is 11.5. The molecule has 0 unspecified atom stereocenters. The molecule has 0 saturated carbocycles. The maximum absolute atomic E-state index is 6.49. The van der Waals surface area contributed by atoms with Crippen molar-refractivity contribution in [1.29, 1.82) is 0 Å².